The molecule has 2 aliphatic heterocycles. The molecule has 6 N–H and O–H groups in total. The Balaban J connectivity index is 0.913. The van der Waals surface area contributed by atoms with Gasteiger partial charge in [0, 0.05) is 121 Å². The van der Waals surface area contributed by atoms with E-state index in [0.29, 0.717) is 147 Å². The zero-order chi connectivity index (χ0) is 71.7. The van der Waals surface area contributed by atoms with Crippen LogP contribution in [-0.2, 0) is 20.6 Å². The highest BCUT2D eigenvalue weighted by atomic mass is 16.5. The number of terminal acetylenes is 1. The molecule has 7 aromatic heterocycles. The normalized spacial score (nSPS) is 11.5. The molecule has 0 saturated carbocycles. The Bertz CT molecular complexity index is 6110. The van der Waals surface area contributed by atoms with Crippen molar-refractivity contribution in [1.82, 2.24) is 58.1 Å². The first-order chi connectivity index (χ1) is 51.4. The van der Waals surface area contributed by atoms with Crippen molar-refractivity contribution in [2.45, 2.75) is 6.54 Å². The number of imidazole rings is 4. The number of hydrogen-bond acceptors (Lipinski definition) is 11. The maximum absolute atomic E-state index is 15.0. The molecule has 0 unspecified atom stereocenters. The van der Waals surface area contributed by atoms with E-state index in [1.807, 2.05) is 217 Å². The number of methoxy groups -OCH3 is 1. The second kappa shape index (κ2) is 27.7. The van der Waals surface area contributed by atoms with E-state index in [0.717, 1.165) is 22.4 Å². The van der Waals surface area contributed by atoms with Crippen molar-refractivity contribution in [3.05, 3.63) is 301 Å². The summed E-state index contributed by atoms with van der Waals surface area (Å²) in [5, 5.41) is 12.9. The predicted octanol–water partition coefficient (Wildman–Crippen LogP) is 15.9. The molecule has 2 aliphatic rings. The Labute approximate surface area is 601 Å². The third kappa shape index (κ3) is 12.6. The number of aromatic amines is 2. The maximum Gasteiger partial charge on any atom is 0.274 e. The first-order valence-corrected chi connectivity index (χ1v) is 33.5. The lowest BCUT2D eigenvalue weighted by molar-refractivity contribution is 0.101. The molecule has 0 radical (unpaired) electrons. The topological polar surface area (TPSA) is 254 Å². The Morgan fingerprint density at radius 2 is 0.867 bits per heavy atom. The smallest absolute Gasteiger partial charge is 0.274 e. The number of amides is 4. The standard InChI is InChI=1S/C84H62N16O5/c1-5-51-29-31-53(32-30-51)72-42-87-49-99(72)46-52-17-16-18-54(41-52)81(101)93-59-23-10-6-19-55(59)77-63-33-35-65(89-63)78(56-20-7-11-24-60(56)94-82(102)73-43-85-47-97(73)2)66-37-38-67(91-66)79(57-21-8-12-25-61(57)95-83(103)74-44-86-48-98(74)3)68-39-40-70(92-68)80(69-36-34-64(77)90-69)58-22-9-13-26-62(58)96-84(104)75-45-88-50-100(75)71-27-14-15-28-76(71)105-4/h1,6-45,47-50,90-91H,46H2,2-4H3,(H,93,101)(H,94,102)(H,95,103)(H,96,104). The molecule has 4 amide bonds. The molecule has 0 spiro atoms. The number of aromatic nitrogens is 12. The van der Waals surface area contributed by atoms with E-state index in [1.165, 1.54) is 18.6 Å². The summed E-state index contributed by atoms with van der Waals surface area (Å²) in [6.07, 6.45) is 26.2. The monoisotopic (exact) mass is 1370 g/mol. The number of carbonyl (C=O) groups excluding carboxylic acids is 4. The fourth-order valence-electron chi connectivity index (χ4n) is 13.4. The zero-order valence-corrected chi connectivity index (χ0v) is 56.7. The number of benzene rings is 7. The van der Waals surface area contributed by atoms with Gasteiger partial charge < -0.3 is 49.7 Å². The minimum atomic E-state index is -0.449. The molecule has 16 rings (SSSR count). The van der Waals surface area contributed by atoms with Gasteiger partial charge in [-0.2, -0.15) is 0 Å². The second-order valence-corrected chi connectivity index (χ2v) is 24.9. The van der Waals surface area contributed by atoms with E-state index < -0.39 is 5.91 Å². The lowest BCUT2D eigenvalue weighted by Crippen LogP contribution is -2.17. The number of hydrogen-bond donors (Lipinski definition) is 6. The van der Waals surface area contributed by atoms with E-state index in [-0.39, 0.29) is 23.4 Å². The number of anilines is 4. The number of H-pyrrole nitrogens is 2. The molecule has 9 heterocycles. The summed E-state index contributed by atoms with van der Waals surface area (Å²) in [6.45, 7) is 0.430. The van der Waals surface area contributed by atoms with Gasteiger partial charge in [-0.1, -0.05) is 115 Å². The van der Waals surface area contributed by atoms with E-state index in [1.54, 1.807) is 72.5 Å². The molecule has 0 aliphatic carbocycles. The molecule has 7 aromatic carbocycles. The van der Waals surface area contributed by atoms with Gasteiger partial charge in [0.15, 0.2) is 0 Å². The minimum absolute atomic E-state index is 0.247. The van der Waals surface area contributed by atoms with Gasteiger partial charge in [-0.25, -0.2) is 29.9 Å². The summed E-state index contributed by atoms with van der Waals surface area (Å²) in [6, 6.07) is 60.6. The molecule has 0 fully saturated rings. The summed E-state index contributed by atoms with van der Waals surface area (Å²) < 4.78 is 12.7. The van der Waals surface area contributed by atoms with Crippen molar-refractivity contribution in [2.75, 3.05) is 28.4 Å². The van der Waals surface area contributed by atoms with Crippen LogP contribution in [0.1, 0.15) is 75.7 Å². The number of fused-ring (bicyclic) bond motifs is 8. The molecule has 0 atom stereocenters. The molecule has 14 aromatic rings. The van der Waals surface area contributed by atoms with E-state index in [2.05, 4.69) is 57.1 Å². The zero-order valence-electron chi connectivity index (χ0n) is 56.7. The first-order valence-electron chi connectivity index (χ1n) is 33.5. The number of carbonyl (C=O) groups is 4. The second-order valence-electron chi connectivity index (χ2n) is 24.9. The molecule has 21 heteroatoms. The Morgan fingerprint density at radius 3 is 1.32 bits per heavy atom. The van der Waals surface area contributed by atoms with Crippen LogP contribution in [0.5, 0.6) is 5.75 Å². The molecule has 508 valence electrons. The van der Waals surface area contributed by atoms with Gasteiger partial charge in [-0.3, -0.25) is 23.7 Å². The van der Waals surface area contributed by atoms with Gasteiger partial charge in [-0.05, 0) is 120 Å². The van der Waals surface area contributed by atoms with Crippen molar-refractivity contribution < 1.29 is 23.9 Å². The first kappa shape index (κ1) is 64.9. The van der Waals surface area contributed by atoms with Crippen molar-refractivity contribution in [1.29, 1.82) is 0 Å². The minimum Gasteiger partial charge on any atom is -0.495 e. The lowest BCUT2D eigenvalue weighted by atomic mass is 10.0. The van der Waals surface area contributed by atoms with Crippen LogP contribution in [0.15, 0.2) is 244 Å². The fourth-order valence-corrected chi connectivity index (χ4v) is 13.4. The largest absolute Gasteiger partial charge is 0.495 e. The number of aryl methyl sites for hydroxylation is 2. The van der Waals surface area contributed by atoms with Crippen LogP contribution in [0.3, 0.4) is 0 Å². The quantitative estimate of drug-likeness (QED) is 0.0467. The molecule has 0 saturated heterocycles. The molecular weight excluding hydrogens is 1310 g/mol. The van der Waals surface area contributed by atoms with Crippen molar-refractivity contribution >= 4 is 92.7 Å². The average molecular weight is 1380 g/mol. The average Bonchev–Trinajstić information content (AvgIpc) is 1.62. The van der Waals surface area contributed by atoms with Gasteiger partial charge in [0.1, 0.15) is 22.8 Å². The number of ether oxygens (including phenoxy) is 1. The highest BCUT2D eigenvalue weighted by molar-refractivity contribution is 6.12. The van der Waals surface area contributed by atoms with Crippen LogP contribution >= 0.6 is 0 Å². The number of nitrogens with one attached hydrogen (secondary N) is 6. The summed E-state index contributed by atoms with van der Waals surface area (Å²) in [5.41, 5.74) is 16.7. The predicted molar refractivity (Wildman–Crippen MR) is 410 cm³/mol. The van der Waals surface area contributed by atoms with E-state index in [9.17, 15) is 14.4 Å². The van der Waals surface area contributed by atoms with Gasteiger partial charge in [-0.15, -0.1) is 6.42 Å². The van der Waals surface area contributed by atoms with Crippen molar-refractivity contribution in [3.8, 4) is 79.5 Å². The lowest BCUT2D eigenvalue weighted by Gasteiger charge is -2.15. The number of para-hydroxylation sites is 6. The highest BCUT2D eigenvalue weighted by Crippen LogP contribution is 2.44. The maximum atomic E-state index is 15.0. The van der Waals surface area contributed by atoms with Crippen LogP contribution in [0.2, 0.25) is 0 Å². The summed E-state index contributed by atoms with van der Waals surface area (Å²) in [5.74, 6) is 1.66. The molecule has 105 heavy (non-hydrogen) atoms. The summed E-state index contributed by atoms with van der Waals surface area (Å²) in [7, 11) is 5.09. The highest BCUT2D eigenvalue weighted by Gasteiger charge is 2.26. The van der Waals surface area contributed by atoms with Crippen molar-refractivity contribution in [2.24, 2.45) is 14.1 Å². The SMILES string of the molecule is C#Cc1ccc(-c2cncn2Cc2cccc(C(=O)Nc3ccccc3-c3c4nc(c(-c5ccccc5NC(=O)c5cncn5C)c5ccc([nH]5)c(-c5ccccc5NC(=O)c5cncn5C)c5nc(c(-c6ccccc6NC(=O)c6cncn6-c6ccccc6OC)c6ccc3[nH]6)C=C5)C=C4)c2)cc1. The van der Waals surface area contributed by atoms with Gasteiger partial charge >= 0.3 is 0 Å². The fraction of sp³-hybridized carbons (Fsp3) is 0.0476. The Morgan fingerprint density at radius 1 is 0.448 bits per heavy atom. The van der Waals surface area contributed by atoms with Crippen molar-refractivity contribution in [3.63, 3.8) is 0 Å². The molecule has 8 bridgehead atoms. The molecule has 21 nitrogen and oxygen atoms in total. The summed E-state index contributed by atoms with van der Waals surface area (Å²) in [4.78, 5) is 94.7. The van der Waals surface area contributed by atoms with Gasteiger partial charge in [0.25, 0.3) is 23.6 Å². The van der Waals surface area contributed by atoms with Gasteiger partial charge in [0.05, 0.1) is 91.4 Å². The van der Waals surface area contributed by atoms with Crippen LogP contribution < -0.4 is 26.0 Å². The Hall–Kier alpha value is -14.8. The van der Waals surface area contributed by atoms with Crippen LogP contribution in [0, 0.1) is 12.3 Å². The van der Waals surface area contributed by atoms with Gasteiger partial charge in [0.2, 0.25) is 0 Å². The van der Waals surface area contributed by atoms with Crippen LogP contribution in [-0.4, -0.2) is 88.9 Å². The molecular formula is C84H62N16O5. The van der Waals surface area contributed by atoms with Crippen LogP contribution in [0.4, 0.5) is 22.7 Å². The summed E-state index contributed by atoms with van der Waals surface area (Å²) >= 11 is 0. The van der Waals surface area contributed by atoms with E-state index in [4.69, 9.17) is 21.1 Å². The van der Waals surface area contributed by atoms with Crippen LogP contribution in [0.25, 0.3) is 108 Å². The third-order valence-electron chi connectivity index (χ3n) is 18.4. The number of nitrogens with zero attached hydrogens (tertiary/aromatic N) is 10. The third-order valence-corrected chi connectivity index (χ3v) is 18.4. The van der Waals surface area contributed by atoms with E-state index >= 15 is 4.79 Å². The Kier molecular flexibility index (Phi) is 17.1. The number of rotatable bonds is 17.